The lowest BCUT2D eigenvalue weighted by molar-refractivity contribution is 0.168. The van der Waals surface area contributed by atoms with Gasteiger partial charge in [0.05, 0.1) is 13.2 Å². The molecule has 3 aromatic carbocycles. The number of amides is 1. The zero-order valence-corrected chi connectivity index (χ0v) is 20.9. The average molecular weight is 481 g/mol. The van der Waals surface area contributed by atoms with Gasteiger partial charge < -0.3 is 14.4 Å². The Morgan fingerprint density at radius 2 is 1.50 bits per heavy atom. The lowest BCUT2D eigenvalue weighted by atomic mass is 10.2. The molecule has 0 saturated carbocycles. The highest BCUT2D eigenvalue weighted by molar-refractivity contribution is 6.08. The molecule has 1 heterocycles. The van der Waals surface area contributed by atoms with E-state index >= 15 is 0 Å². The molecule has 4 rings (SSSR count). The third-order valence-electron chi connectivity index (χ3n) is 5.44. The van der Waals surface area contributed by atoms with Crippen molar-refractivity contribution < 1.29 is 14.6 Å². The Balaban J connectivity index is 0.000000236. The Kier molecular flexibility index (Phi) is 10.5. The monoisotopic (exact) mass is 480 g/mol. The van der Waals surface area contributed by atoms with E-state index in [1.165, 1.54) is 21.8 Å². The summed E-state index contributed by atoms with van der Waals surface area (Å²) >= 11 is 0. The predicted octanol–water partition coefficient (Wildman–Crippen LogP) is 6.53. The number of anilines is 1. The SMILES string of the molecule is CCOC(=O)Nc1ccc(C)cc1.OCCCCC#CC#CCn1c2ccccc2c2ccccc21. The minimum absolute atomic E-state index is 0.237. The largest absolute Gasteiger partial charge is 0.450 e. The summed E-state index contributed by atoms with van der Waals surface area (Å²) in [6, 6.07) is 24.4. The van der Waals surface area contributed by atoms with E-state index in [0.717, 1.165) is 30.5 Å². The van der Waals surface area contributed by atoms with Crippen LogP contribution < -0.4 is 5.32 Å². The van der Waals surface area contributed by atoms with E-state index in [2.05, 4.69) is 82.1 Å². The number of hydrogen-bond donors (Lipinski definition) is 2. The highest BCUT2D eigenvalue weighted by Crippen LogP contribution is 2.28. The first-order valence-electron chi connectivity index (χ1n) is 12.2. The van der Waals surface area contributed by atoms with Gasteiger partial charge in [0, 0.05) is 40.5 Å². The molecule has 0 fully saturated rings. The number of nitrogens with zero attached hydrogens (tertiary/aromatic N) is 1. The Morgan fingerprint density at radius 1 is 0.889 bits per heavy atom. The molecule has 184 valence electrons. The van der Waals surface area contributed by atoms with Crippen LogP contribution in [0.4, 0.5) is 10.5 Å². The van der Waals surface area contributed by atoms with Crippen molar-refractivity contribution in [3.63, 3.8) is 0 Å². The maximum absolute atomic E-state index is 11.0. The molecular formula is C31H32N2O3. The molecule has 5 heteroatoms. The lowest BCUT2D eigenvalue weighted by Gasteiger charge is -2.04. The molecule has 4 aromatic rings. The van der Waals surface area contributed by atoms with Crippen LogP contribution in [0.15, 0.2) is 72.8 Å². The minimum atomic E-state index is -0.411. The molecule has 0 unspecified atom stereocenters. The summed E-state index contributed by atoms with van der Waals surface area (Å²) in [4.78, 5) is 11.0. The second-order valence-electron chi connectivity index (χ2n) is 8.12. The standard InChI is InChI=1S/C21H19NO.C10H13NO2/c23-17-11-5-3-1-2-4-10-16-22-20-14-8-6-12-18(20)19-13-7-9-15-21(19)22;1-3-13-10(12)11-9-6-4-8(2)5-7-9/h6-9,12-15,23H,3,5,11,16-17H2;4-7H,3H2,1-2H3,(H,11,12). The van der Waals surface area contributed by atoms with E-state index in [0.29, 0.717) is 13.2 Å². The van der Waals surface area contributed by atoms with Crippen molar-refractivity contribution in [3.05, 3.63) is 78.4 Å². The van der Waals surface area contributed by atoms with Gasteiger partial charge in [-0.2, -0.15) is 0 Å². The van der Waals surface area contributed by atoms with E-state index in [1.54, 1.807) is 6.92 Å². The first kappa shape index (κ1) is 26.4. The van der Waals surface area contributed by atoms with Crippen LogP contribution in [0.5, 0.6) is 0 Å². The van der Waals surface area contributed by atoms with E-state index in [9.17, 15) is 4.79 Å². The van der Waals surface area contributed by atoms with Crippen molar-refractivity contribution in [3.8, 4) is 23.7 Å². The first-order valence-corrected chi connectivity index (χ1v) is 12.2. The highest BCUT2D eigenvalue weighted by atomic mass is 16.5. The zero-order valence-electron chi connectivity index (χ0n) is 20.9. The van der Waals surface area contributed by atoms with Gasteiger partial charge in [0.1, 0.15) is 0 Å². The number of carbonyl (C=O) groups is 1. The van der Waals surface area contributed by atoms with Gasteiger partial charge in [0.15, 0.2) is 0 Å². The number of benzene rings is 3. The Hall–Kier alpha value is -4.19. The third-order valence-corrected chi connectivity index (χ3v) is 5.44. The van der Waals surface area contributed by atoms with Gasteiger partial charge in [-0.25, -0.2) is 4.79 Å². The predicted molar refractivity (Wildman–Crippen MR) is 148 cm³/mol. The van der Waals surface area contributed by atoms with Crippen molar-refractivity contribution in [2.45, 2.75) is 39.7 Å². The van der Waals surface area contributed by atoms with Gasteiger partial charge in [0.2, 0.25) is 0 Å². The quantitative estimate of drug-likeness (QED) is 0.244. The zero-order chi connectivity index (χ0) is 25.6. The lowest BCUT2D eigenvalue weighted by Crippen LogP contribution is -2.12. The number of aliphatic hydroxyl groups excluding tert-OH is 1. The fourth-order valence-corrected chi connectivity index (χ4v) is 3.69. The Bertz CT molecular complexity index is 1340. The Labute approximate surface area is 213 Å². The van der Waals surface area contributed by atoms with Crippen LogP contribution in [0.2, 0.25) is 0 Å². The molecule has 0 spiro atoms. The van der Waals surface area contributed by atoms with Crippen LogP contribution in [-0.2, 0) is 11.3 Å². The fraction of sp³-hybridized carbons (Fsp3) is 0.258. The summed E-state index contributed by atoms with van der Waals surface area (Å²) in [6.45, 7) is 5.03. The minimum Gasteiger partial charge on any atom is -0.450 e. The molecule has 5 nitrogen and oxygen atoms in total. The second kappa shape index (κ2) is 14.3. The molecule has 36 heavy (non-hydrogen) atoms. The number of para-hydroxylation sites is 2. The molecule has 2 N–H and O–H groups in total. The van der Waals surface area contributed by atoms with E-state index in [4.69, 9.17) is 9.84 Å². The Morgan fingerprint density at radius 3 is 2.11 bits per heavy atom. The maximum atomic E-state index is 11.0. The maximum Gasteiger partial charge on any atom is 0.411 e. The van der Waals surface area contributed by atoms with Crippen molar-refractivity contribution in [2.24, 2.45) is 0 Å². The summed E-state index contributed by atoms with van der Waals surface area (Å²) in [5.74, 6) is 12.0. The smallest absolute Gasteiger partial charge is 0.411 e. The number of nitrogens with one attached hydrogen (secondary N) is 1. The number of hydrogen-bond acceptors (Lipinski definition) is 3. The summed E-state index contributed by atoms with van der Waals surface area (Å²) < 4.78 is 6.97. The first-order chi connectivity index (χ1) is 17.6. The topological polar surface area (TPSA) is 63.5 Å². The van der Waals surface area contributed by atoms with Gasteiger partial charge in [-0.1, -0.05) is 65.9 Å². The number of aromatic nitrogens is 1. The summed E-state index contributed by atoms with van der Waals surface area (Å²) in [5.41, 5.74) is 4.33. The third kappa shape index (κ3) is 7.67. The van der Waals surface area contributed by atoms with Gasteiger partial charge in [-0.15, -0.1) is 0 Å². The van der Waals surface area contributed by atoms with Crippen LogP contribution >= 0.6 is 0 Å². The van der Waals surface area contributed by atoms with Crippen molar-refractivity contribution in [2.75, 3.05) is 18.5 Å². The summed E-state index contributed by atoms with van der Waals surface area (Å²) in [5, 5.41) is 13.8. The molecule has 1 aromatic heterocycles. The number of fused-ring (bicyclic) bond motifs is 3. The fourth-order valence-electron chi connectivity index (χ4n) is 3.69. The highest BCUT2D eigenvalue weighted by Gasteiger charge is 2.07. The molecule has 0 aliphatic carbocycles. The molecular weight excluding hydrogens is 448 g/mol. The van der Waals surface area contributed by atoms with E-state index < -0.39 is 6.09 Å². The number of ether oxygens (including phenoxy) is 1. The van der Waals surface area contributed by atoms with Crippen LogP contribution in [-0.4, -0.2) is 29.0 Å². The molecule has 0 aliphatic heterocycles. The van der Waals surface area contributed by atoms with Gasteiger partial charge in [0.25, 0.3) is 0 Å². The number of aryl methyl sites for hydroxylation is 1. The molecule has 0 bridgehead atoms. The van der Waals surface area contributed by atoms with Gasteiger partial charge in [-0.05, 0) is 62.8 Å². The van der Waals surface area contributed by atoms with Gasteiger partial charge in [-0.3, -0.25) is 5.32 Å². The van der Waals surface area contributed by atoms with Crippen molar-refractivity contribution in [1.29, 1.82) is 0 Å². The van der Waals surface area contributed by atoms with E-state index in [-0.39, 0.29) is 6.61 Å². The normalized spacial score (nSPS) is 9.86. The summed E-state index contributed by atoms with van der Waals surface area (Å²) in [7, 11) is 0. The number of rotatable bonds is 6. The van der Waals surface area contributed by atoms with Crippen molar-refractivity contribution in [1.82, 2.24) is 4.57 Å². The summed E-state index contributed by atoms with van der Waals surface area (Å²) in [6.07, 6.45) is 2.12. The van der Waals surface area contributed by atoms with Gasteiger partial charge >= 0.3 is 6.09 Å². The number of unbranched alkanes of at least 4 members (excludes halogenated alkanes) is 2. The number of aliphatic hydroxyl groups is 1. The molecule has 1 amide bonds. The van der Waals surface area contributed by atoms with Crippen LogP contribution in [0.3, 0.4) is 0 Å². The molecule has 0 saturated heterocycles. The van der Waals surface area contributed by atoms with Crippen molar-refractivity contribution >= 4 is 33.6 Å². The van der Waals surface area contributed by atoms with E-state index in [1.807, 2.05) is 31.2 Å². The molecule has 0 radical (unpaired) electrons. The van der Waals surface area contributed by atoms with Crippen LogP contribution in [0.25, 0.3) is 21.8 Å². The molecule has 0 atom stereocenters. The molecule has 0 aliphatic rings. The average Bonchev–Trinajstić information content (AvgIpc) is 3.21. The van der Waals surface area contributed by atoms with Crippen LogP contribution in [0.1, 0.15) is 31.7 Å². The van der Waals surface area contributed by atoms with Crippen LogP contribution in [0, 0.1) is 30.6 Å². The second-order valence-corrected chi connectivity index (χ2v) is 8.12. The number of carbonyl (C=O) groups excluding carboxylic acids is 1.